The van der Waals surface area contributed by atoms with Crippen molar-refractivity contribution in [3.8, 4) is 0 Å². The van der Waals surface area contributed by atoms with Gasteiger partial charge in [0, 0.05) is 12.7 Å². The number of hydrogen-bond donors (Lipinski definition) is 2. The molecule has 1 aliphatic rings. The molecule has 0 radical (unpaired) electrons. The van der Waals surface area contributed by atoms with Crippen molar-refractivity contribution in [3.63, 3.8) is 0 Å². The fourth-order valence-electron chi connectivity index (χ4n) is 2.08. The van der Waals surface area contributed by atoms with Gasteiger partial charge in [-0.1, -0.05) is 26.0 Å². The second-order valence-corrected chi connectivity index (χ2v) is 3.90. The number of piperidine rings is 1. The summed E-state index contributed by atoms with van der Waals surface area (Å²) >= 11 is 0. The van der Waals surface area contributed by atoms with Crippen LogP contribution in [0.2, 0.25) is 0 Å². The largest absolute Gasteiger partial charge is 0.388 e. The molecule has 16 heavy (non-hydrogen) atoms. The molecule has 1 heterocycles. The molecule has 1 saturated heterocycles. The van der Waals surface area contributed by atoms with Crippen LogP contribution in [0.3, 0.4) is 0 Å². The van der Waals surface area contributed by atoms with Crippen molar-refractivity contribution in [2.75, 3.05) is 25.5 Å². The lowest BCUT2D eigenvalue weighted by Gasteiger charge is -2.23. The molecule has 90 valence electrons. The van der Waals surface area contributed by atoms with E-state index in [1.54, 1.807) is 0 Å². The van der Waals surface area contributed by atoms with Crippen molar-refractivity contribution >= 4 is 5.69 Å². The van der Waals surface area contributed by atoms with Gasteiger partial charge in [-0.2, -0.15) is 0 Å². The molecule has 2 nitrogen and oxygen atoms in total. The first-order valence-electron chi connectivity index (χ1n) is 6.38. The number of nitrogens with one attached hydrogen (secondary N) is 2. The lowest BCUT2D eigenvalue weighted by molar-refractivity contribution is 0.460. The monoisotopic (exact) mass is 220 g/mol. The highest BCUT2D eigenvalue weighted by atomic mass is 14.9. The van der Waals surface area contributed by atoms with E-state index in [-0.39, 0.29) is 0 Å². The average Bonchev–Trinajstić information content (AvgIpc) is 2.42. The minimum atomic E-state index is 0.766. The average molecular weight is 220 g/mol. The predicted molar refractivity (Wildman–Crippen MR) is 72.2 cm³/mol. The smallest absolute Gasteiger partial charge is 0.0337 e. The van der Waals surface area contributed by atoms with Gasteiger partial charge in [-0.3, -0.25) is 0 Å². The molecule has 0 atom stereocenters. The molecule has 0 unspecified atom stereocenters. The van der Waals surface area contributed by atoms with Crippen LogP contribution in [0.1, 0.15) is 38.2 Å². The predicted octanol–water partition coefficient (Wildman–Crippen LogP) is 3.22. The Hall–Kier alpha value is -1.02. The molecular weight excluding hydrogens is 196 g/mol. The normalized spacial score (nSPS) is 16.2. The number of rotatable bonds is 2. The molecule has 2 N–H and O–H groups in total. The summed E-state index contributed by atoms with van der Waals surface area (Å²) in [5.41, 5.74) is 2.69. The Morgan fingerprint density at radius 3 is 2.12 bits per heavy atom. The van der Waals surface area contributed by atoms with Gasteiger partial charge in [-0.15, -0.1) is 0 Å². The summed E-state index contributed by atoms with van der Waals surface area (Å²) in [6.45, 7) is 6.33. The third-order valence-corrected chi connectivity index (χ3v) is 3.01. The van der Waals surface area contributed by atoms with E-state index in [2.05, 4.69) is 34.9 Å². The van der Waals surface area contributed by atoms with Crippen LogP contribution < -0.4 is 10.6 Å². The van der Waals surface area contributed by atoms with Gasteiger partial charge in [-0.05, 0) is 49.5 Å². The van der Waals surface area contributed by atoms with E-state index in [0.717, 1.165) is 5.92 Å². The van der Waals surface area contributed by atoms with E-state index >= 15 is 0 Å². The molecule has 0 aromatic heterocycles. The fourth-order valence-corrected chi connectivity index (χ4v) is 2.08. The zero-order chi connectivity index (χ0) is 11.8. The van der Waals surface area contributed by atoms with Crippen LogP contribution in [0.15, 0.2) is 24.3 Å². The van der Waals surface area contributed by atoms with Gasteiger partial charge in [0.25, 0.3) is 0 Å². The lowest BCUT2D eigenvalue weighted by Crippen LogP contribution is -2.26. The van der Waals surface area contributed by atoms with E-state index in [0.29, 0.717) is 0 Å². The second kappa shape index (κ2) is 7.29. The lowest BCUT2D eigenvalue weighted by atomic mass is 9.90. The Morgan fingerprint density at radius 1 is 1.06 bits per heavy atom. The van der Waals surface area contributed by atoms with Crippen LogP contribution in [-0.4, -0.2) is 20.1 Å². The SMILES string of the molecule is CC.CNc1ccc(C2CCNCC2)cc1. The highest BCUT2D eigenvalue weighted by Gasteiger charge is 2.14. The molecule has 0 spiro atoms. The van der Waals surface area contributed by atoms with Crippen LogP contribution in [-0.2, 0) is 0 Å². The molecule has 2 heteroatoms. The van der Waals surface area contributed by atoms with Crippen molar-refractivity contribution < 1.29 is 0 Å². The summed E-state index contributed by atoms with van der Waals surface area (Å²) in [5, 5.41) is 6.54. The quantitative estimate of drug-likeness (QED) is 0.799. The molecule has 1 aromatic rings. The van der Waals surface area contributed by atoms with Crippen molar-refractivity contribution in [1.29, 1.82) is 0 Å². The molecular formula is C14H24N2. The molecule has 0 bridgehead atoms. The molecule has 0 amide bonds. The molecule has 0 aliphatic carbocycles. The van der Waals surface area contributed by atoms with Gasteiger partial charge >= 0.3 is 0 Å². The summed E-state index contributed by atoms with van der Waals surface area (Å²) in [6.07, 6.45) is 2.55. The van der Waals surface area contributed by atoms with Crippen molar-refractivity contribution in [2.45, 2.75) is 32.6 Å². The Balaban J connectivity index is 0.000000606. The Morgan fingerprint density at radius 2 is 1.62 bits per heavy atom. The van der Waals surface area contributed by atoms with Gasteiger partial charge in [0.2, 0.25) is 0 Å². The van der Waals surface area contributed by atoms with Crippen molar-refractivity contribution in [3.05, 3.63) is 29.8 Å². The van der Waals surface area contributed by atoms with Gasteiger partial charge < -0.3 is 10.6 Å². The van der Waals surface area contributed by atoms with E-state index < -0.39 is 0 Å². The Bertz CT molecular complexity index is 273. The minimum Gasteiger partial charge on any atom is -0.388 e. The third kappa shape index (κ3) is 3.53. The maximum Gasteiger partial charge on any atom is 0.0337 e. The maximum absolute atomic E-state index is 3.39. The molecule has 1 aliphatic heterocycles. The molecule has 2 rings (SSSR count). The van der Waals surface area contributed by atoms with Crippen LogP contribution in [0.4, 0.5) is 5.69 Å². The van der Waals surface area contributed by atoms with Gasteiger partial charge in [0.15, 0.2) is 0 Å². The summed E-state index contributed by atoms with van der Waals surface area (Å²) in [5.74, 6) is 0.766. The fraction of sp³-hybridized carbons (Fsp3) is 0.571. The summed E-state index contributed by atoms with van der Waals surface area (Å²) in [7, 11) is 1.96. The van der Waals surface area contributed by atoms with Crippen molar-refractivity contribution in [2.24, 2.45) is 0 Å². The minimum absolute atomic E-state index is 0.766. The summed E-state index contributed by atoms with van der Waals surface area (Å²) < 4.78 is 0. The topological polar surface area (TPSA) is 24.1 Å². The maximum atomic E-state index is 3.39. The molecule has 1 aromatic carbocycles. The standard InChI is InChI=1S/C12H18N2.C2H6/c1-13-12-4-2-10(3-5-12)11-6-8-14-9-7-11;1-2/h2-5,11,13-14H,6-9H2,1H3;1-2H3. The Kier molecular flexibility index (Phi) is 5.94. The zero-order valence-electron chi connectivity index (χ0n) is 10.7. The highest BCUT2D eigenvalue weighted by molar-refractivity contribution is 5.44. The third-order valence-electron chi connectivity index (χ3n) is 3.01. The van der Waals surface area contributed by atoms with Crippen LogP contribution in [0.25, 0.3) is 0 Å². The first-order valence-corrected chi connectivity index (χ1v) is 6.38. The van der Waals surface area contributed by atoms with Gasteiger partial charge in [-0.25, -0.2) is 0 Å². The van der Waals surface area contributed by atoms with E-state index in [9.17, 15) is 0 Å². The van der Waals surface area contributed by atoms with Gasteiger partial charge in [0.1, 0.15) is 0 Å². The van der Waals surface area contributed by atoms with Crippen molar-refractivity contribution in [1.82, 2.24) is 5.32 Å². The van der Waals surface area contributed by atoms with Crippen LogP contribution in [0.5, 0.6) is 0 Å². The van der Waals surface area contributed by atoms with Gasteiger partial charge in [0.05, 0.1) is 0 Å². The zero-order valence-corrected chi connectivity index (χ0v) is 10.7. The van der Waals surface area contributed by atoms with Crippen LogP contribution in [0, 0.1) is 0 Å². The Labute approximate surface area is 99.5 Å². The summed E-state index contributed by atoms with van der Waals surface area (Å²) in [4.78, 5) is 0. The molecule has 1 fully saturated rings. The van der Waals surface area contributed by atoms with E-state index in [4.69, 9.17) is 0 Å². The van der Waals surface area contributed by atoms with E-state index in [1.165, 1.54) is 37.2 Å². The molecule has 0 saturated carbocycles. The first-order chi connectivity index (χ1) is 7.90. The number of anilines is 1. The van der Waals surface area contributed by atoms with E-state index in [1.807, 2.05) is 20.9 Å². The number of benzene rings is 1. The second-order valence-electron chi connectivity index (χ2n) is 3.90. The highest BCUT2D eigenvalue weighted by Crippen LogP contribution is 2.25. The number of hydrogen-bond acceptors (Lipinski definition) is 2. The first kappa shape index (κ1) is 13.0. The van der Waals surface area contributed by atoms with Crippen LogP contribution >= 0.6 is 0 Å². The summed E-state index contributed by atoms with van der Waals surface area (Å²) in [6, 6.07) is 8.83.